The van der Waals surface area contributed by atoms with Gasteiger partial charge in [-0.15, -0.1) is 11.6 Å². The highest BCUT2D eigenvalue weighted by Crippen LogP contribution is 2.17. The zero-order valence-electron chi connectivity index (χ0n) is 8.12. The summed E-state index contributed by atoms with van der Waals surface area (Å²) in [7, 11) is 0. The first-order valence-electron chi connectivity index (χ1n) is 4.86. The number of hydrogen-bond acceptors (Lipinski definition) is 1. The average molecular weight is 228 g/mol. The van der Waals surface area contributed by atoms with Crippen molar-refractivity contribution in [2.75, 3.05) is 13.1 Å². The summed E-state index contributed by atoms with van der Waals surface area (Å²) in [5.41, 5.74) is 0.516. The summed E-state index contributed by atoms with van der Waals surface area (Å²) in [5.74, 6) is -0.402. The number of benzene rings is 1. The van der Waals surface area contributed by atoms with Gasteiger partial charge < -0.3 is 4.90 Å². The number of halogens is 2. The first-order valence-corrected chi connectivity index (χ1v) is 5.29. The molecule has 1 fully saturated rings. The normalized spacial score (nSPS) is 20.7. The van der Waals surface area contributed by atoms with Crippen molar-refractivity contribution in [3.05, 3.63) is 35.6 Å². The lowest BCUT2D eigenvalue weighted by atomic mass is 10.2. The Hall–Kier alpha value is -1.09. The van der Waals surface area contributed by atoms with E-state index in [0.29, 0.717) is 18.7 Å². The molecule has 15 heavy (non-hydrogen) atoms. The Morgan fingerprint density at radius 3 is 2.60 bits per heavy atom. The number of likely N-dealkylation sites (tertiary alicyclic amines) is 1. The molecule has 0 spiro atoms. The summed E-state index contributed by atoms with van der Waals surface area (Å²) in [6.07, 6.45) is 0.828. The Morgan fingerprint density at radius 2 is 2.07 bits per heavy atom. The third kappa shape index (κ3) is 2.29. The molecular weight excluding hydrogens is 217 g/mol. The summed E-state index contributed by atoms with van der Waals surface area (Å²) in [5, 5.41) is 0.0504. The predicted octanol–water partition coefficient (Wildman–Crippen LogP) is 2.28. The van der Waals surface area contributed by atoms with Crippen LogP contribution in [0.1, 0.15) is 16.8 Å². The lowest BCUT2D eigenvalue weighted by Gasteiger charge is -2.15. The van der Waals surface area contributed by atoms with Crippen LogP contribution in [-0.2, 0) is 0 Å². The van der Waals surface area contributed by atoms with E-state index in [1.54, 1.807) is 4.90 Å². The quantitative estimate of drug-likeness (QED) is 0.674. The molecule has 2 nitrogen and oxygen atoms in total. The van der Waals surface area contributed by atoms with Crippen molar-refractivity contribution in [1.29, 1.82) is 0 Å². The summed E-state index contributed by atoms with van der Waals surface area (Å²) in [6, 6.07) is 5.58. The maximum Gasteiger partial charge on any atom is 0.253 e. The predicted molar refractivity (Wildman–Crippen MR) is 56.6 cm³/mol. The van der Waals surface area contributed by atoms with Gasteiger partial charge in [-0.3, -0.25) is 4.79 Å². The molecule has 1 aromatic carbocycles. The second-order valence-electron chi connectivity index (χ2n) is 3.64. The molecule has 1 aromatic rings. The molecule has 2 rings (SSSR count). The Balaban J connectivity index is 2.11. The largest absolute Gasteiger partial charge is 0.337 e. The number of carbonyl (C=O) groups is 1. The molecule has 80 valence electrons. The zero-order valence-corrected chi connectivity index (χ0v) is 8.88. The fraction of sp³-hybridized carbons (Fsp3) is 0.364. The molecule has 0 aliphatic carbocycles. The Labute approximate surface area is 92.6 Å². The SMILES string of the molecule is O=C(c1ccc(F)cc1)N1CCC(Cl)C1. The van der Waals surface area contributed by atoms with E-state index in [-0.39, 0.29) is 17.1 Å². The van der Waals surface area contributed by atoms with E-state index in [9.17, 15) is 9.18 Å². The van der Waals surface area contributed by atoms with Crippen LogP contribution in [0, 0.1) is 5.82 Å². The third-order valence-electron chi connectivity index (χ3n) is 2.51. The van der Waals surface area contributed by atoms with Gasteiger partial charge in [-0.1, -0.05) is 0 Å². The van der Waals surface area contributed by atoms with E-state index >= 15 is 0 Å². The summed E-state index contributed by atoms with van der Waals surface area (Å²) >= 11 is 5.91. The van der Waals surface area contributed by atoms with Gasteiger partial charge in [0, 0.05) is 18.7 Å². The van der Waals surface area contributed by atoms with E-state index in [1.807, 2.05) is 0 Å². The number of amides is 1. The highest BCUT2D eigenvalue weighted by atomic mass is 35.5. The van der Waals surface area contributed by atoms with Crippen molar-refractivity contribution >= 4 is 17.5 Å². The second-order valence-corrected chi connectivity index (χ2v) is 4.26. The third-order valence-corrected chi connectivity index (χ3v) is 2.87. The maximum absolute atomic E-state index is 12.6. The van der Waals surface area contributed by atoms with E-state index < -0.39 is 0 Å². The van der Waals surface area contributed by atoms with Crippen LogP contribution in [-0.4, -0.2) is 29.3 Å². The van der Waals surface area contributed by atoms with Crippen molar-refractivity contribution in [3.8, 4) is 0 Å². The molecule has 0 radical (unpaired) electrons. The number of carbonyl (C=O) groups excluding carboxylic acids is 1. The minimum absolute atomic E-state index is 0.0504. The molecule has 0 N–H and O–H groups in total. The Bertz CT molecular complexity index is 365. The van der Waals surface area contributed by atoms with Gasteiger partial charge in [-0.05, 0) is 30.7 Å². The summed E-state index contributed by atoms with van der Waals surface area (Å²) in [6.45, 7) is 1.27. The highest BCUT2D eigenvalue weighted by Gasteiger charge is 2.25. The molecule has 0 aromatic heterocycles. The standard InChI is InChI=1S/C11H11ClFNO/c12-9-5-6-14(7-9)11(15)8-1-3-10(13)4-2-8/h1-4,9H,5-7H2. The molecule has 1 heterocycles. The number of rotatable bonds is 1. The van der Waals surface area contributed by atoms with Crippen LogP contribution in [0.2, 0.25) is 0 Å². The van der Waals surface area contributed by atoms with Crippen molar-refractivity contribution in [1.82, 2.24) is 4.90 Å². The highest BCUT2D eigenvalue weighted by molar-refractivity contribution is 6.21. The molecule has 1 atom stereocenters. The minimum atomic E-state index is -0.330. The molecule has 1 amide bonds. The molecule has 0 bridgehead atoms. The molecule has 0 saturated carbocycles. The van der Waals surface area contributed by atoms with Gasteiger partial charge in [0.1, 0.15) is 5.82 Å². The van der Waals surface area contributed by atoms with Crippen LogP contribution in [0.15, 0.2) is 24.3 Å². The van der Waals surface area contributed by atoms with Crippen LogP contribution in [0.5, 0.6) is 0 Å². The van der Waals surface area contributed by atoms with Gasteiger partial charge in [0.2, 0.25) is 0 Å². The summed E-state index contributed by atoms with van der Waals surface area (Å²) in [4.78, 5) is 13.5. The summed E-state index contributed by atoms with van der Waals surface area (Å²) < 4.78 is 12.6. The maximum atomic E-state index is 12.6. The molecule has 1 unspecified atom stereocenters. The van der Waals surface area contributed by atoms with E-state index in [0.717, 1.165) is 6.42 Å². The van der Waals surface area contributed by atoms with Gasteiger partial charge in [0.15, 0.2) is 0 Å². The van der Waals surface area contributed by atoms with Crippen LogP contribution in [0.3, 0.4) is 0 Å². The Kier molecular flexibility index (Phi) is 2.91. The smallest absolute Gasteiger partial charge is 0.253 e. The van der Waals surface area contributed by atoms with Gasteiger partial charge in [0.05, 0.1) is 5.38 Å². The van der Waals surface area contributed by atoms with E-state index in [4.69, 9.17) is 11.6 Å². The van der Waals surface area contributed by atoms with Crippen LogP contribution < -0.4 is 0 Å². The zero-order chi connectivity index (χ0) is 10.8. The molecular formula is C11H11ClFNO. The van der Waals surface area contributed by atoms with E-state index in [2.05, 4.69) is 0 Å². The topological polar surface area (TPSA) is 20.3 Å². The number of nitrogens with zero attached hydrogens (tertiary/aromatic N) is 1. The monoisotopic (exact) mass is 227 g/mol. The van der Waals surface area contributed by atoms with Crippen molar-refractivity contribution < 1.29 is 9.18 Å². The lowest BCUT2D eigenvalue weighted by Crippen LogP contribution is -2.28. The fourth-order valence-corrected chi connectivity index (χ4v) is 1.94. The van der Waals surface area contributed by atoms with Crippen molar-refractivity contribution in [3.63, 3.8) is 0 Å². The van der Waals surface area contributed by atoms with Gasteiger partial charge in [-0.2, -0.15) is 0 Å². The first kappa shape index (κ1) is 10.4. The lowest BCUT2D eigenvalue weighted by molar-refractivity contribution is 0.0793. The minimum Gasteiger partial charge on any atom is -0.337 e. The molecule has 4 heteroatoms. The second kappa shape index (κ2) is 4.19. The van der Waals surface area contributed by atoms with Crippen LogP contribution in [0.4, 0.5) is 4.39 Å². The van der Waals surface area contributed by atoms with Gasteiger partial charge in [-0.25, -0.2) is 4.39 Å². The molecule has 1 saturated heterocycles. The van der Waals surface area contributed by atoms with Gasteiger partial charge >= 0.3 is 0 Å². The molecule has 1 aliphatic rings. The van der Waals surface area contributed by atoms with Gasteiger partial charge in [0.25, 0.3) is 5.91 Å². The Morgan fingerprint density at radius 1 is 1.40 bits per heavy atom. The van der Waals surface area contributed by atoms with E-state index in [1.165, 1.54) is 24.3 Å². The van der Waals surface area contributed by atoms with Crippen molar-refractivity contribution in [2.45, 2.75) is 11.8 Å². The van der Waals surface area contributed by atoms with Crippen LogP contribution in [0.25, 0.3) is 0 Å². The molecule has 1 aliphatic heterocycles. The first-order chi connectivity index (χ1) is 7.16. The number of hydrogen-bond donors (Lipinski definition) is 0. The fourth-order valence-electron chi connectivity index (χ4n) is 1.68. The number of alkyl halides is 1. The van der Waals surface area contributed by atoms with Crippen molar-refractivity contribution in [2.24, 2.45) is 0 Å². The van der Waals surface area contributed by atoms with Crippen LogP contribution >= 0.6 is 11.6 Å². The average Bonchev–Trinajstić information content (AvgIpc) is 2.65.